The van der Waals surface area contributed by atoms with E-state index in [9.17, 15) is 8.42 Å². The Morgan fingerprint density at radius 2 is 1.92 bits per heavy atom. The second-order valence-corrected chi connectivity index (χ2v) is 10.7. The molecule has 6 heteroatoms. The van der Waals surface area contributed by atoms with Crippen molar-refractivity contribution in [1.82, 2.24) is 9.55 Å². The van der Waals surface area contributed by atoms with Crippen molar-refractivity contribution in [3.05, 3.63) is 29.6 Å². The molecule has 0 amide bonds. The molecule has 0 unspecified atom stereocenters. The van der Waals surface area contributed by atoms with Crippen LogP contribution in [0.5, 0.6) is 0 Å². The van der Waals surface area contributed by atoms with Crippen LogP contribution in [-0.4, -0.2) is 36.9 Å². The zero-order valence-corrected chi connectivity index (χ0v) is 17.1. The predicted octanol–water partition coefficient (Wildman–Crippen LogP) is 3.70. The summed E-state index contributed by atoms with van der Waals surface area (Å²) in [6.07, 6.45) is 2.16. The Kier molecular flexibility index (Phi) is 5.45. The van der Waals surface area contributed by atoms with Gasteiger partial charge < -0.3 is 9.30 Å². The smallest absolute Gasteiger partial charge is 0.154 e. The van der Waals surface area contributed by atoms with Crippen LogP contribution in [0.4, 0.5) is 0 Å². The van der Waals surface area contributed by atoms with Crippen LogP contribution in [0.3, 0.4) is 0 Å². The van der Waals surface area contributed by atoms with Crippen molar-refractivity contribution in [3.63, 3.8) is 0 Å². The number of aromatic nitrogens is 2. The minimum atomic E-state index is -3.04. The predicted molar refractivity (Wildman–Crippen MR) is 105 cm³/mol. The van der Waals surface area contributed by atoms with Crippen molar-refractivity contribution in [2.45, 2.75) is 58.2 Å². The molecule has 1 aromatic carbocycles. The highest BCUT2D eigenvalue weighted by atomic mass is 32.2. The maximum absolute atomic E-state index is 12.0. The fourth-order valence-electron chi connectivity index (χ4n) is 3.57. The van der Waals surface area contributed by atoms with Gasteiger partial charge in [0.05, 0.1) is 16.8 Å². The molecule has 1 aliphatic rings. The Morgan fingerprint density at radius 3 is 2.54 bits per heavy atom. The molecule has 2 heterocycles. The first-order valence-electron chi connectivity index (χ1n) is 9.47. The maximum atomic E-state index is 12.0. The molecule has 0 N–H and O–H groups in total. The fraction of sp³-hybridized carbons (Fsp3) is 0.650. The topological polar surface area (TPSA) is 61.2 Å². The first-order valence-corrected chi connectivity index (χ1v) is 11.3. The van der Waals surface area contributed by atoms with Crippen LogP contribution in [0.15, 0.2) is 18.2 Å². The molecule has 144 valence electrons. The molecule has 5 nitrogen and oxygen atoms in total. The van der Waals surface area contributed by atoms with Crippen molar-refractivity contribution in [2.24, 2.45) is 5.92 Å². The third-order valence-corrected chi connectivity index (χ3v) is 6.74. The normalized spacial score (nSPS) is 17.1. The zero-order valence-electron chi connectivity index (χ0n) is 16.3. The Morgan fingerprint density at radius 1 is 1.23 bits per heavy atom. The van der Waals surface area contributed by atoms with Crippen molar-refractivity contribution in [1.29, 1.82) is 0 Å². The first kappa shape index (κ1) is 19.4. The summed E-state index contributed by atoms with van der Waals surface area (Å²) in [5.74, 6) is 1.91. The van der Waals surface area contributed by atoms with E-state index in [1.54, 1.807) is 6.92 Å². The molecule has 0 spiro atoms. The summed E-state index contributed by atoms with van der Waals surface area (Å²) in [4.78, 5) is 4.90. The number of nitrogens with zero attached hydrogens (tertiary/aromatic N) is 2. The van der Waals surface area contributed by atoms with Gasteiger partial charge in [0.1, 0.15) is 5.82 Å². The summed E-state index contributed by atoms with van der Waals surface area (Å²) in [6.45, 7) is 10.8. The molecule has 1 aromatic heterocycles. The summed E-state index contributed by atoms with van der Waals surface area (Å²) in [5, 5.41) is 0. The minimum Gasteiger partial charge on any atom is -0.381 e. The van der Waals surface area contributed by atoms with Crippen LogP contribution in [0.1, 0.15) is 51.9 Å². The summed E-state index contributed by atoms with van der Waals surface area (Å²) in [7, 11) is -3.04. The second kappa shape index (κ2) is 7.31. The van der Waals surface area contributed by atoms with Gasteiger partial charge in [0.15, 0.2) is 9.84 Å². The van der Waals surface area contributed by atoms with Crippen molar-refractivity contribution in [2.75, 3.05) is 19.0 Å². The Labute approximate surface area is 156 Å². The van der Waals surface area contributed by atoms with Crippen LogP contribution in [-0.2, 0) is 32.3 Å². The third-order valence-electron chi connectivity index (χ3n) is 5.09. The molecule has 0 bridgehead atoms. The van der Waals surface area contributed by atoms with E-state index in [0.29, 0.717) is 5.92 Å². The van der Waals surface area contributed by atoms with Crippen LogP contribution < -0.4 is 0 Å². The zero-order chi connectivity index (χ0) is 18.9. The van der Waals surface area contributed by atoms with Gasteiger partial charge in [-0.05, 0) is 36.5 Å². The Balaban J connectivity index is 2.00. The Hall–Kier alpha value is -1.40. The second-order valence-electron chi connectivity index (χ2n) is 8.35. The van der Waals surface area contributed by atoms with Crippen LogP contribution in [0.2, 0.25) is 0 Å². The number of ether oxygens (including phenoxy) is 1. The third kappa shape index (κ3) is 4.29. The van der Waals surface area contributed by atoms with E-state index in [1.807, 2.05) is 18.2 Å². The summed E-state index contributed by atoms with van der Waals surface area (Å²) < 4.78 is 31.8. The molecule has 3 rings (SSSR count). The molecule has 0 radical (unpaired) electrons. The van der Waals surface area contributed by atoms with Gasteiger partial charge in [-0.3, -0.25) is 0 Å². The summed E-state index contributed by atoms with van der Waals surface area (Å²) >= 11 is 0. The number of hydrogen-bond donors (Lipinski definition) is 0. The van der Waals surface area contributed by atoms with E-state index in [1.165, 1.54) is 0 Å². The molecule has 26 heavy (non-hydrogen) atoms. The van der Waals surface area contributed by atoms with Crippen LogP contribution in [0.25, 0.3) is 11.0 Å². The molecule has 1 saturated heterocycles. The van der Waals surface area contributed by atoms with Gasteiger partial charge in [-0.15, -0.1) is 0 Å². The first-order chi connectivity index (χ1) is 12.2. The van der Waals surface area contributed by atoms with Crippen molar-refractivity contribution < 1.29 is 13.2 Å². The van der Waals surface area contributed by atoms with Gasteiger partial charge in [-0.25, -0.2) is 13.4 Å². The van der Waals surface area contributed by atoms with Gasteiger partial charge in [0.2, 0.25) is 0 Å². The van der Waals surface area contributed by atoms with Gasteiger partial charge >= 0.3 is 0 Å². The lowest BCUT2D eigenvalue weighted by atomic mass is 9.94. The van der Waals surface area contributed by atoms with Crippen LogP contribution >= 0.6 is 0 Å². The molecule has 0 aliphatic carbocycles. The van der Waals surface area contributed by atoms with Gasteiger partial charge in [-0.1, -0.05) is 33.8 Å². The number of hydrogen-bond acceptors (Lipinski definition) is 4. The van der Waals surface area contributed by atoms with Crippen molar-refractivity contribution >= 4 is 20.9 Å². The molecular weight excluding hydrogens is 348 g/mol. The highest BCUT2D eigenvalue weighted by Crippen LogP contribution is 2.30. The number of imidazole rings is 1. The largest absolute Gasteiger partial charge is 0.381 e. The lowest BCUT2D eigenvalue weighted by molar-refractivity contribution is 0.0611. The van der Waals surface area contributed by atoms with E-state index in [0.717, 1.165) is 55.0 Å². The minimum absolute atomic E-state index is 0.0696. The highest BCUT2D eigenvalue weighted by molar-refractivity contribution is 7.90. The summed E-state index contributed by atoms with van der Waals surface area (Å²) in [5.41, 5.74) is 2.74. The maximum Gasteiger partial charge on any atom is 0.154 e. The molecule has 2 aromatic rings. The van der Waals surface area contributed by atoms with Crippen molar-refractivity contribution in [3.8, 4) is 0 Å². The van der Waals surface area contributed by atoms with Gasteiger partial charge in [0, 0.05) is 30.9 Å². The molecule has 0 atom stereocenters. The Bertz CT molecular complexity index is 872. The molecular formula is C20H30N2O3S. The van der Waals surface area contributed by atoms with Gasteiger partial charge in [-0.2, -0.15) is 0 Å². The average molecular weight is 379 g/mol. The van der Waals surface area contributed by atoms with E-state index < -0.39 is 9.84 Å². The SMILES string of the molecule is CCS(=O)(=O)Cc1ccc2c(c1)nc(C(C)(C)C)n2CC1CCOCC1. The van der Waals surface area contributed by atoms with E-state index >= 15 is 0 Å². The standard InChI is InChI=1S/C20H30N2O3S/c1-5-26(23,24)14-16-6-7-18-17(12-16)21-19(20(2,3)4)22(18)13-15-8-10-25-11-9-15/h6-7,12,15H,5,8-11,13-14H2,1-4H3. The molecule has 1 fully saturated rings. The van der Waals surface area contributed by atoms with E-state index in [4.69, 9.17) is 9.72 Å². The number of rotatable bonds is 5. The lowest BCUT2D eigenvalue weighted by Crippen LogP contribution is -2.25. The lowest BCUT2D eigenvalue weighted by Gasteiger charge is -2.26. The fourth-order valence-corrected chi connectivity index (χ4v) is 4.46. The quantitative estimate of drug-likeness (QED) is 0.796. The molecule has 0 saturated carbocycles. The highest BCUT2D eigenvalue weighted by Gasteiger charge is 2.25. The molecule has 1 aliphatic heterocycles. The van der Waals surface area contributed by atoms with Gasteiger partial charge in [0.25, 0.3) is 0 Å². The number of fused-ring (bicyclic) bond motifs is 1. The number of benzene rings is 1. The average Bonchev–Trinajstić information content (AvgIpc) is 2.93. The van der Waals surface area contributed by atoms with E-state index in [2.05, 4.69) is 25.3 Å². The summed E-state index contributed by atoms with van der Waals surface area (Å²) in [6, 6.07) is 5.92. The van der Waals surface area contributed by atoms with E-state index in [-0.39, 0.29) is 16.9 Å². The number of sulfone groups is 1. The monoisotopic (exact) mass is 378 g/mol. The van der Waals surface area contributed by atoms with Crippen LogP contribution in [0, 0.1) is 5.92 Å².